The molecule has 2 rings (SSSR count). The molecule has 0 aliphatic heterocycles. The molecule has 6 heteroatoms. The minimum Gasteiger partial charge on any atom is -0.478 e. The Balaban J connectivity index is 2.04. The number of aromatic carboxylic acids is 1. The van der Waals surface area contributed by atoms with Gasteiger partial charge in [0, 0.05) is 11.8 Å². The van der Waals surface area contributed by atoms with E-state index in [2.05, 4.69) is 15.3 Å². The fraction of sp³-hybridized carbons (Fsp3) is 0.0769. The molecule has 2 aromatic rings. The van der Waals surface area contributed by atoms with Gasteiger partial charge in [-0.05, 0) is 24.3 Å². The standard InChI is InChI=1S/C13H11N3O3/c17-12(15-7-11-4-5-14-8-16-11)9-2-1-3-10(6-9)13(18)19/h1-6,8H,7H2,(H,15,17)(H,18,19). The molecular weight excluding hydrogens is 246 g/mol. The van der Waals surface area contributed by atoms with E-state index in [9.17, 15) is 9.59 Å². The van der Waals surface area contributed by atoms with Crippen LogP contribution >= 0.6 is 0 Å². The molecule has 0 spiro atoms. The summed E-state index contributed by atoms with van der Waals surface area (Å²) in [5.74, 6) is -1.41. The lowest BCUT2D eigenvalue weighted by Crippen LogP contribution is -2.23. The van der Waals surface area contributed by atoms with E-state index in [0.717, 1.165) is 0 Å². The highest BCUT2D eigenvalue weighted by atomic mass is 16.4. The number of nitrogens with one attached hydrogen (secondary N) is 1. The van der Waals surface area contributed by atoms with Gasteiger partial charge in [-0.1, -0.05) is 6.07 Å². The molecule has 0 radical (unpaired) electrons. The zero-order valence-corrected chi connectivity index (χ0v) is 9.91. The molecule has 0 fully saturated rings. The van der Waals surface area contributed by atoms with Gasteiger partial charge in [0.05, 0.1) is 17.8 Å². The Morgan fingerprint density at radius 1 is 1.21 bits per heavy atom. The summed E-state index contributed by atoms with van der Waals surface area (Å²) in [4.78, 5) is 30.4. The molecule has 1 heterocycles. The molecular formula is C13H11N3O3. The number of hydrogen-bond acceptors (Lipinski definition) is 4. The molecule has 0 aliphatic rings. The zero-order chi connectivity index (χ0) is 13.7. The first-order chi connectivity index (χ1) is 9.16. The Labute approximate surface area is 109 Å². The van der Waals surface area contributed by atoms with Crippen LogP contribution in [0.25, 0.3) is 0 Å². The van der Waals surface area contributed by atoms with E-state index in [1.54, 1.807) is 18.3 Å². The van der Waals surface area contributed by atoms with Gasteiger partial charge >= 0.3 is 5.97 Å². The van der Waals surface area contributed by atoms with Gasteiger partial charge in [-0.25, -0.2) is 14.8 Å². The fourth-order valence-corrected chi connectivity index (χ4v) is 1.49. The number of rotatable bonds is 4. The molecule has 1 amide bonds. The molecule has 2 N–H and O–H groups in total. The number of amides is 1. The van der Waals surface area contributed by atoms with Crippen LogP contribution in [-0.2, 0) is 6.54 Å². The van der Waals surface area contributed by atoms with Crippen molar-refractivity contribution in [3.05, 3.63) is 59.7 Å². The Morgan fingerprint density at radius 2 is 2.00 bits per heavy atom. The zero-order valence-electron chi connectivity index (χ0n) is 9.91. The number of benzene rings is 1. The molecule has 6 nitrogen and oxygen atoms in total. The van der Waals surface area contributed by atoms with Gasteiger partial charge in [-0.15, -0.1) is 0 Å². The second-order valence-corrected chi connectivity index (χ2v) is 3.77. The Hall–Kier alpha value is -2.76. The van der Waals surface area contributed by atoms with E-state index in [4.69, 9.17) is 5.11 Å². The Bertz CT molecular complexity index is 599. The first-order valence-electron chi connectivity index (χ1n) is 5.53. The minimum absolute atomic E-state index is 0.0784. The summed E-state index contributed by atoms with van der Waals surface area (Å²) in [6, 6.07) is 7.54. The summed E-state index contributed by atoms with van der Waals surface area (Å²) in [6.45, 7) is 0.263. The van der Waals surface area contributed by atoms with E-state index in [1.807, 2.05) is 0 Å². The van der Waals surface area contributed by atoms with Gasteiger partial charge in [-0.3, -0.25) is 4.79 Å². The van der Waals surface area contributed by atoms with Crippen molar-refractivity contribution in [1.82, 2.24) is 15.3 Å². The number of hydrogen-bond donors (Lipinski definition) is 2. The van der Waals surface area contributed by atoms with Crippen molar-refractivity contribution < 1.29 is 14.7 Å². The van der Waals surface area contributed by atoms with E-state index >= 15 is 0 Å². The molecule has 1 aromatic carbocycles. The molecule has 19 heavy (non-hydrogen) atoms. The van der Waals surface area contributed by atoms with Gasteiger partial charge in [0.15, 0.2) is 0 Å². The quantitative estimate of drug-likeness (QED) is 0.855. The summed E-state index contributed by atoms with van der Waals surface area (Å²) in [7, 11) is 0. The molecule has 0 atom stereocenters. The number of carboxylic acid groups (broad SMARTS) is 1. The predicted octanol–water partition coefficient (Wildman–Crippen LogP) is 1.10. The average molecular weight is 257 g/mol. The smallest absolute Gasteiger partial charge is 0.335 e. The molecule has 0 aliphatic carbocycles. The van der Waals surface area contributed by atoms with Crippen LogP contribution in [0, 0.1) is 0 Å². The van der Waals surface area contributed by atoms with Gasteiger partial charge in [0.25, 0.3) is 5.91 Å². The number of aromatic nitrogens is 2. The maximum absolute atomic E-state index is 11.8. The van der Waals surface area contributed by atoms with Gasteiger partial charge in [0.1, 0.15) is 6.33 Å². The number of carbonyl (C=O) groups is 2. The third-order valence-corrected chi connectivity index (χ3v) is 2.44. The largest absolute Gasteiger partial charge is 0.478 e. The maximum Gasteiger partial charge on any atom is 0.335 e. The van der Waals surface area contributed by atoms with Crippen LogP contribution in [-0.4, -0.2) is 27.0 Å². The molecule has 0 unspecified atom stereocenters. The average Bonchev–Trinajstić information content (AvgIpc) is 2.46. The lowest BCUT2D eigenvalue weighted by atomic mass is 10.1. The SMILES string of the molecule is O=C(O)c1cccc(C(=O)NCc2ccncn2)c1. The molecule has 0 saturated carbocycles. The first-order valence-corrected chi connectivity index (χ1v) is 5.53. The van der Waals surface area contributed by atoms with Crippen molar-refractivity contribution in [3.63, 3.8) is 0 Å². The minimum atomic E-state index is -1.06. The van der Waals surface area contributed by atoms with Crippen LogP contribution in [0.2, 0.25) is 0 Å². The van der Waals surface area contributed by atoms with Crippen molar-refractivity contribution in [3.8, 4) is 0 Å². The third kappa shape index (κ3) is 3.35. The fourth-order valence-electron chi connectivity index (χ4n) is 1.49. The van der Waals surface area contributed by atoms with Gasteiger partial charge in [-0.2, -0.15) is 0 Å². The second-order valence-electron chi connectivity index (χ2n) is 3.77. The van der Waals surface area contributed by atoms with Crippen molar-refractivity contribution >= 4 is 11.9 Å². The molecule has 0 saturated heterocycles. The van der Waals surface area contributed by atoms with Crippen LogP contribution in [0.5, 0.6) is 0 Å². The molecule has 1 aromatic heterocycles. The van der Waals surface area contributed by atoms with Crippen molar-refractivity contribution in [2.45, 2.75) is 6.54 Å². The van der Waals surface area contributed by atoms with Crippen LogP contribution in [0.4, 0.5) is 0 Å². The normalized spacial score (nSPS) is 9.89. The number of nitrogens with zero attached hydrogens (tertiary/aromatic N) is 2. The highest BCUT2D eigenvalue weighted by Gasteiger charge is 2.09. The van der Waals surface area contributed by atoms with E-state index < -0.39 is 5.97 Å². The summed E-state index contributed by atoms with van der Waals surface area (Å²) in [5.41, 5.74) is 1.06. The van der Waals surface area contributed by atoms with Crippen LogP contribution in [0.15, 0.2) is 42.9 Å². The highest BCUT2D eigenvalue weighted by molar-refractivity contribution is 5.97. The first kappa shape index (κ1) is 12.7. The monoisotopic (exact) mass is 257 g/mol. The molecule has 96 valence electrons. The summed E-state index contributed by atoms with van der Waals surface area (Å²) in [6.07, 6.45) is 2.98. The van der Waals surface area contributed by atoms with Crippen molar-refractivity contribution in [2.24, 2.45) is 0 Å². The summed E-state index contributed by atoms with van der Waals surface area (Å²) < 4.78 is 0. The highest BCUT2D eigenvalue weighted by Crippen LogP contribution is 2.05. The van der Waals surface area contributed by atoms with Crippen LogP contribution in [0.3, 0.4) is 0 Å². The third-order valence-electron chi connectivity index (χ3n) is 2.44. The van der Waals surface area contributed by atoms with Crippen LogP contribution < -0.4 is 5.32 Å². The number of carbonyl (C=O) groups excluding carboxylic acids is 1. The Kier molecular flexibility index (Phi) is 3.82. The van der Waals surface area contributed by atoms with Crippen molar-refractivity contribution in [1.29, 1.82) is 0 Å². The lowest BCUT2D eigenvalue weighted by molar-refractivity contribution is 0.0697. The second kappa shape index (κ2) is 5.72. The van der Waals surface area contributed by atoms with E-state index in [0.29, 0.717) is 11.3 Å². The summed E-state index contributed by atoms with van der Waals surface area (Å²) >= 11 is 0. The van der Waals surface area contributed by atoms with Gasteiger partial charge < -0.3 is 10.4 Å². The van der Waals surface area contributed by atoms with Gasteiger partial charge in [0.2, 0.25) is 0 Å². The van der Waals surface area contributed by atoms with Crippen molar-refractivity contribution in [2.75, 3.05) is 0 Å². The molecule has 0 bridgehead atoms. The number of carboxylic acids is 1. The lowest BCUT2D eigenvalue weighted by Gasteiger charge is -2.05. The van der Waals surface area contributed by atoms with E-state index in [-0.39, 0.29) is 18.0 Å². The predicted molar refractivity (Wildman–Crippen MR) is 66.6 cm³/mol. The Morgan fingerprint density at radius 3 is 2.68 bits per heavy atom. The van der Waals surface area contributed by atoms with E-state index in [1.165, 1.54) is 24.5 Å². The topological polar surface area (TPSA) is 92.2 Å². The maximum atomic E-state index is 11.8. The summed E-state index contributed by atoms with van der Waals surface area (Å²) in [5, 5.41) is 11.5. The van der Waals surface area contributed by atoms with Crippen LogP contribution in [0.1, 0.15) is 26.4 Å².